The van der Waals surface area contributed by atoms with Gasteiger partial charge in [-0.15, -0.1) is 11.3 Å². The zero-order chi connectivity index (χ0) is 16.1. The average Bonchev–Trinajstić information content (AvgIpc) is 3.09. The lowest BCUT2D eigenvalue weighted by molar-refractivity contribution is -0.132. The van der Waals surface area contributed by atoms with Gasteiger partial charge in [-0.05, 0) is 60.7 Å². The van der Waals surface area contributed by atoms with E-state index in [0.29, 0.717) is 24.0 Å². The van der Waals surface area contributed by atoms with E-state index < -0.39 is 0 Å². The standard InChI is InChI=1S/C19H23NO2S/c21-17-8-6-15(7-9-17)16-10-12-20(13-11-16)19(22)5-1-3-18-4-2-14-23-18/h2,4,6-9,14,16,21H,1,3,5,10-13H2. The Kier molecular flexibility index (Phi) is 5.34. The molecule has 0 radical (unpaired) electrons. The summed E-state index contributed by atoms with van der Waals surface area (Å²) in [6, 6.07) is 11.7. The molecule has 1 amide bonds. The summed E-state index contributed by atoms with van der Waals surface area (Å²) in [4.78, 5) is 15.7. The molecule has 1 saturated heterocycles. The van der Waals surface area contributed by atoms with Gasteiger partial charge in [0.2, 0.25) is 5.91 Å². The average molecular weight is 329 g/mol. The number of phenolic OH excluding ortho intramolecular Hbond substituents is 1. The number of carbonyl (C=O) groups excluding carboxylic acids is 1. The molecule has 1 aromatic carbocycles. The molecule has 23 heavy (non-hydrogen) atoms. The summed E-state index contributed by atoms with van der Waals surface area (Å²) in [5.74, 6) is 1.11. The first-order valence-electron chi connectivity index (χ1n) is 8.31. The van der Waals surface area contributed by atoms with Gasteiger partial charge in [-0.3, -0.25) is 4.79 Å². The minimum atomic E-state index is 0.297. The number of hydrogen-bond acceptors (Lipinski definition) is 3. The molecule has 122 valence electrons. The van der Waals surface area contributed by atoms with Crippen LogP contribution in [0.5, 0.6) is 5.75 Å². The molecule has 0 atom stereocenters. The predicted octanol–water partition coefficient (Wildman–Crippen LogP) is 4.18. The molecule has 1 aromatic heterocycles. The Morgan fingerprint density at radius 2 is 1.91 bits per heavy atom. The predicted molar refractivity (Wildman–Crippen MR) is 93.9 cm³/mol. The van der Waals surface area contributed by atoms with E-state index in [1.807, 2.05) is 17.0 Å². The van der Waals surface area contributed by atoms with Crippen molar-refractivity contribution in [2.24, 2.45) is 0 Å². The summed E-state index contributed by atoms with van der Waals surface area (Å²) in [7, 11) is 0. The van der Waals surface area contributed by atoms with Crippen molar-refractivity contribution in [3.8, 4) is 5.75 Å². The van der Waals surface area contributed by atoms with Crippen molar-refractivity contribution in [3.05, 3.63) is 52.2 Å². The van der Waals surface area contributed by atoms with Crippen molar-refractivity contribution in [1.29, 1.82) is 0 Å². The number of aryl methyl sites for hydroxylation is 1. The van der Waals surface area contributed by atoms with Crippen molar-refractivity contribution in [2.45, 2.75) is 38.0 Å². The van der Waals surface area contributed by atoms with E-state index in [0.717, 1.165) is 38.8 Å². The number of phenols is 1. The Labute approximate surface area is 141 Å². The van der Waals surface area contributed by atoms with Crippen LogP contribution in [0.2, 0.25) is 0 Å². The molecule has 2 aromatic rings. The zero-order valence-electron chi connectivity index (χ0n) is 13.3. The van der Waals surface area contributed by atoms with Gasteiger partial charge >= 0.3 is 0 Å². The molecule has 0 bridgehead atoms. The monoisotopic (exact) mass is 329 g/mol. The molecule has 0 unspecified atom stereocenters. The summed E-state index contributed by atoms with van der Waals surface area (Å²) in [6.45, 7) is 1.70. The van der Waals surface area contributed by atoms with E-state index in [9.17, 15) is 9.90 Å². The number of carbonyl (C=O) groups is 1. The Bertz CT molecular complexity index is 613. The van der Waals surface area contributed by atoms with Gasteiger partial charge < -0.3 is 10.0 Å². The van der Waals surface area contributed by atoms with Crippen molar-refractivity contribution in [2.75, 3.05) is 13.1 Å². The van der Waals surface area contributed by atoms with E-state index in [4.69, 9.17) is 0 Å². The van der Waals surface area contributed by atoms with Gasteiger partial charge in [-0.2, -0.15) is 0 Å². The lowest BCUT2D eigenvalue weighted by Gasteiger charge is -2.32. The minimum Gasteiger partial charge on any atom is -0.508 e. The SMILES string of the molecule is O=C(CCCc1cccs1)N1CCC(c2ccc(O)cc2)CC1. The van der Waals surface area contributed by atoms with Gasteiger partial charge in [-0.1, -0.05) is 18.2 Å². The first kappa shape index (κ1) is 16.1. The number of nitrogens with zero attached hydrogens (tertiary/aromatic N) is 1. The topological polar surface area (TPSA) is 40.5 Å². The van der Waals surface area contributed by atoms with Crippen molar-refractivity contribution in [1.82, 2.24) is 4.90 Å². The van der Waals surface area contributed by atoms with Crippen molar-refractivity contribution in [3.63, 3.8) is 0 Å². The number of likely N-dealkylation sites (tertiary alicyclic amines) is 1. The summed E-state index contributed by atoms with van der Waals surface area (Å²) in [5, 5.41) is 11.5. The molecule has 2 heterocycles. The van der Waals surface area contributed by atoms with E-state index in [1.54, 1.807) is 23.5 Å². The van der Waals surface area contributed by atoms with E-state index >= 15 is 0 Å². The van der Waals surface area contributed by atoms with Gasteiger partial charge in [0, 0.05) is 24.4 Å². The number of benzene rings is 1. The molecule has 1 fully saturated rings. The molecule has 1 aliphatic rings. The zero-order valence-corrected chi connectivity index (χ0v) is 14.1. The highest BCUT2D eigenvalue weighted by atomic mass is 32.1. The van der Waals surface area contributed by atoms with Crippen LogP contribution < -0.4 is 0 Å². The highest BCUT2D eigenvalue weighted by molar-refractivity contribution is 7.09. The van der Waals surface area contributed by atoms with Crippen molar-refractivity contribution >= 4 is 17.2 Å². The Hall–Kier alpha value is -1.81. The third-order valence-corrected chi connectivity index (χ3v) is 5.54. The number of piperidine rings is 1. The molecular weight excluding hydrogens is 306 g/mol. The van der Waals surface area contributed by atoms with E-state index in [1.165, 1.54) is 10.4 Å². The normalized spacial score (nSPS) is 15.7. The van der Waals surface area contributed by atoms with Crippen LogP contribution in [0.1, 0.15) is 42.0 Å². The minimum absolute atomic E-state index is 0.297. The first-order valence-corrected chi connectivity index (χ1v) is 9.19. The second-order valence-corrected chi connectivity index (χ2v) is 7.21. The number of hydrogen-bond donors (Lipinski definition) is 1. The molecule has 3 rings (SSSR count). The maximum absolute atomic E-state index is 12.3. The van der Waals surface area contributed by atoms with Crippen molar-refractivity contribution < 1.29 is 9.90 Å². The summed E-state index contributed by atoms with van der Waals surface area (Å²) in [5.41, 5.74) is 1.27. The van der Waals surface area contributed by atoms with Crippen LogP contribution in [0.4, 0.5) is 0 Å². The molecular formula is C19H23NO2S. The van der Waals surface area contributed by atoms with Gasteiger partial charge in [0.1, 0.15) is 5.75 Å². The highest BCUT2D eigenvalue weighted by Crippen LogP contribution is 2.29. The fourth-order valence-electron chi connectivity index (χ4n) is 3.24. The third kappa shape index (κ3) is 4.35. The maximum Gasteiger partial charge on any atom is 0.222 e. The third-order valence-electron chi connectivity index (χ3n) is 4.61. The fraction of sp³-hybridized carbons (Fsp3) is 0.421. The van der Waals surface area contributed by atoms with Crippen LogP contribution >= 0.6 is 11.3 Å². The number of amides is 1. The lowest BCUT2D eigenvalue weighted by atomic mass is 9.89. The molecule has 1 aliphatic heterocycles. The highest BCUT2D eigenvalue weighted by Gasteiger charge is 2.23. The quantitative estimate of drug-likeness (QED) is 0.894. The molecule has 4 heteroatoms. The molecule has 0 spiro atoms. The second kappa shape index (κ2) is 7.64. The van der Waals surface area contributed by atoms with Gasteiger partial charge in [0.05, 0.1) is 0 Å². The number of rotatable bonds is 5. The second-order valence-electron chi connectivity index (χ2n) is 6.18. The largest absolute Gasteiger partial charge is 0.508 e. The fourth-order valence-corrected chi connectivity index (χ4v) is 3.99. The first-order chi connectivity index (χ1) is 11.2. The van der Waals surface area contributed by atoms with E-state index in [-0.39, 0.29) is 0 Å². The van der Waals surface area contributed by atoms with Crippen LogP contribution in [0.3, 0.4) is 0 Å². The van der Waals surface area contributed by atoms with Gasteiger partial charge in [0.15, 0.2) is 0 Å². The molecule has 0 aliphatic carbocycles. The van der Waals surface area contributed by atoms with Gasteiger partial charge in [-0.25, -0.2) is 0 Å². The molecule has 3 nitrogen and oxygen atoms in total. The Morgan fingerprint density at radius 1 is 1.17 bits per heavy atom. The van der Waals surface area contributed by atoms with Crippen LogP contribution in [0.25, 0.3) is 0 Å². The lowest BCUT2D eigenvalue weighted by Crippen LogP contribution is -2.37. The van der Waals surface area contributed by atoms with Crippen LogP contribution in [0.15, 0.2) is 41.8 Å². The Balaban J connectivity index is 1.43. The van der Waals surface area contributed by atoms with Crippen LogP contribution in [-0.2, 0) is 11.2 Å². The summed E-state index contributed by atoms with van der Waals surface area (Å²) >= 11 is 1.77. The maximum atomic E-state index is 12.3. The number of thiophene rings is 1. The molecule has 1 N–H and O–H groups in total. The Morgan fingerprint density at radius 3 is 2.57 bits per heavy atom. The summed E-state index contributed by atoms with van der Waals surface area (Å²) < 4.78 is 0. The summed E-state index contributed by atoms with van der Waals surface area (Å²) in [6.07, 6.45) is 4.63. The smallest absolute Gasteiger partial charge is 0.222 e. The number of aromatic hydroxyl groups is 1. The molecule has 0 saturated carbocycles. The van der Waals surface area contributed by atoms with Crippen LogP contribution in [0, 0.1) is 0 Å². The van der Waals surface area contributed by atoms with E-state index in [2.05, 4.69) is 17.5 Å². The van der Waals surface area contributed by atoms with Crippen LogP contribution in [-0.4, -0.2) is 29.0 Å². The van der Waals surface area contributed by atoms with Gasteiger partial charge in [0.25, 0.3) is 0 Å².